The Labute approximate surface area is 163 Å². The summed E-state index contributed by atoms with van der Waals surface area (Å²) in [6.45, 7) is 3.65. The number of fused-ring (bicyclic) bond motifs is 5. The highest BCUT2D eigenvalue weighted by atomic mass is 17.1. The number of carbonyl (C=O) groups excluding carboxylic acids is 1. The molecule has 0 aliphatic carbocycles. The zero-order valence-corrected chi connectivity index (χ0v) is 15.7. The number of ether oxygens (including phenoxy) is 1. The first kappa shape index (κ1) is 18.0. The van der Waals surface area contributed by atoms with Gasteiger partial charge in [-0.25, -0.2) is 0 Å². The number of aliphatic hydroxyl groups is 1. The Balaban J connectivity index is 1.53. The molecule has 1 spiro atoms. The monoisotopic (exact) mass is 384 g/mol. The molecule has 3 fully saturated rings. The minimum absolute atomic E-state index is 0.0502. The summed E-state index contributed by atoms with van der Waals surface area (Å²) in [5.41, 5.74) is 1.43. The van der Waals surface area contributed by atoms with Gasteiger partial charge in [-0.05, 0) is 49.8 Å². The molecule has 0 bridgehead atoms. The number of nitrogens with one attached hydrogen (secondary N) is 1. The zero-order valence-electron chi connectivity index (χ0n) is 15.7. The van der Waals surface area contributed by atoms with Crippen LogP contribution in [-0.2, 0) is 19.8 Å². The quantitative estimate of drug-likeness (QED) is 0.356. The van der Waals surface area contributed by atoms with Gasteiger partial charge in [0.25, 0.3) is 0 Å². The highest BCUT2D eigenvalue weighted by molar-refractivity contribution is 6.07. The van der Waals surface area contributed by atoms with Crippen LogP contribution in [0.25, 0.3) is 0 Å². The number of benzene rings is 1. The molecule has 1 aromatic rings. The van der Waals surface area contributed by atoms with Gasteiger partial charge in [0.15, 0.2) is 12.4 Å². The number of amides is 1. The maximum Gasteiger partial charge on any atom is 0.236 e. The molecule has 1 aromatic carbocycles. The number of anilines is 1. The van der Waals surface area contributed by atoms with Crippen LogP contribution in [0.2, 0.25) is 0 Å². The second kappa shape index (κ2) is 6.46. The van der Waals surface area contributed by atoms with Crippen molar-refractivity contribution in [2.45, 2.75) is 43.6 Å². The number of hydrogen-bond acceptors (Lipinski definition) is 6. The SMILES string of the molecule is C[C@@H]1O[C@@H](O)C(C#COO)[C@H]2C[C@@H]3N(CC[C@@]34C(=O)Nc3ccccc34)C[C@H]12. The highest BCUT2D eigenvalue weighted by Gasteiger charge is 2.61. The lowest BCUT2D eigenvalue weighted by atomic mass is 9.65. The van der Waals surface area contributed by atoms with Crippen LogP contribution in [0.5, 0.6) is 0 Å². The standard InChI is InChI=1S/C21H24N2O5/c1-12-15-11-23-8-7-21(16-4-2-3-5-17(16)22-20(21)25)18(23)10-14(15)13(6-9-27-26)19(24)28-12/h2-5,12-15,18-19,24,26H,7-8,10-11H2,1H3,(H,22,25)/t12-,13?,14+,15+,18-,19+,21-/m0/s1. The molecule has 7 heteroatoms. The van der Waals surface area contributed by atoms with Gasteiger partial charge < -0.3 is 15.2 Å². The second-order valence-corrected chi connectivity index (χ2v) is 8.39. The van der Waals surface area contributed by atoms with E-state index in [-0.39, 0.29) is 29.9 Å². The average molecular weight is 384 g/mol. The van der Waals surface area contributed by atoms with Crippen molar-refractivity contribution in [1.82, 2.24) is 4.90 Å². The molecule has 0 radical (unpaired) electrons. The van der Waals surface area contributed by atoms with E-state index in [1.54, 1.807) is 0 Å². The van der Waals surface area contributed by atoms with Crippen LogP contribution in [0.4, 0.5) is 5.69 Å². The van der Waals surface area contributed by atoms with E-state index in [4.69, 9.17) is 9.99 Å². The van der Waals surface area contributed by atoms with Gasteiger partial charge in [-0.3, -0.25) is 14.6 Å². The van der Waals surface area contributed by atoms with Crippen molar-refractivity contribution in [2.24, 2.45) is 17.8 Å². The van der Waals surface area contributed by atoms with E-state index in [1.807, 2.05) is 25.1 Å². The molecule has 5 rings (SSSR count). The Hall–Kier alpha value is -2.11. The molecule has 3 saturated heterocycles. The van der Waals surface area contributed by atoms with Crippen molar-refractivity contribution in [3.05, 3.63) is 29.8 Å². The van der Waals surface area contributed by atoms with Crippen LogP contribution >= 0.6 is 0 Å². The lowest BCUT2D eigenvalue weighted by Gasteiger charge is -2.51. The minimum Gasteiger partial charge on any atom is -0.367 e. The summed E-state index contributed by atoms with van der Waals surface area (Å²) in [5.74, 6) is 2.68. The number of aliphatic hydroxyl groups excluding tert-OH is 1. The van der Waals surface area contributed by atoms with Crippen LogP contribution < -0.4 is 5.32 Å². The molecule has 1 amide bonds. The van der Waals surface area contributed by atoms with Crippen molar-refractivity contribution in [3.8, 4) is 12.0 Å². The number of rotatable bonds is 0. The van der Waals surface area contributed by atoms with Crippen molar-refractivity contribution >= 4 is 11.6 Å². The first-order valence-electron chi connectivity index (χ1n) is 9.85. The molecule has 0 saturated carbocycles. The van der Waals surface area contributed by atoms with Gasteiger partial charge in [-0.1, -0.05) is 18.2 Å². The predicted molar refractivity (Wildman–Crippen MR) is 99.9 cm³/mol. The Morgan fingerprint density at radius 3 is 3.00 bits per heavy atom. The molecule has 4 aliphatic rings. The van der Waals surface area contributed by atoms with Crippen LogP contribution in [0.1, 0.15) is 25.3 Å². The van der Waals surface area contributed by atoms with E-state index in [1.165, 1.54) is 0 Å². The number of piperidine rings is 1. The third kappa shape index (κ3) is 2.36. The van der Waals surface area contributed by atoms with Crippen molar-refractivity contribution in [3.63, 3.8) is 0 Å². The molecular weight excluding hydrogens is 360 g/mol. The fourth-order valence-corrected chi connectivity index (χ4v) is 6.08. The normalized spacial score (nSPS) is 41.5. The minimum atomic E-state index is -1.03. The number of hydrogen-bond donors (Lipinski definition) is 3. The van der Waals surface area contributed by atoms with E-state index in [0.717, 1.165) is 37.2 Å². The van der Waals surface area contributed by atoms with Gasteiger partial charge in [0.2, 0.25) is 5.91 Å². The molecule has 28 heavy (non-hydrogen) atoms. The third-order valence-corrected chi connectivity index (χ3v) is 7.35. The van der Waals surface area contributed by atoms with E-state index in [2.05, 4.69) is 33.2 Å². The van der Waals surface area contributed by atoms with Crippen LogP contribution in [0, 0.1) is 29.8 Å². The van der Waals surface area contributed by atoms with Crippen LogP contribution in [0.15, 0.2) is 24.3 Å². The lowest BCUT2D eigenvalue weighted by Crippen LogP contribution is -2.59. The fraction of sp³-hybridized carbons (Fsp3) is 0.571. The number of para-hydroxylation sites is 1. The predicted octanol–water partition coefficient (Wildman–Crippen LogP) is 1.39. The topological polar surface area (TPSA) is 91.3 Å². The van der Waals surface area contributed by atoms with Gasteiger partial charge in [-0.15, -0.1) is 0 Å². The average Bonchev–Trinajstić information content (AvgIpc) is 3.20. The Kier molecular flexibility index (Phi) is 4.14. The molecule has 3 N–H and O–H groups in total. The lowest BCUT2D eigenvalue weighted by molar-refractivity contribution is -0.229. The summed E-state index contributed by atoms with van der Waals surface area (Å²) >= 11 is 0. The summed E-state index contributed by atoms with van der Waals surface area (Å²) < 4.78 is 5.72. The number of carbonyl (C=O) groups is 1. The van der Waals surface area contributed by atoms with Crippen molar-refractivity contribution in [1.29, 1.82) is 0 Å². The Bertz CT molecular complexity index is 864. The largest absolute Gasteiger partial charge is 0.367 e. The third-order valence-electron chi connectivity index (χ3n) is 7.35. The van der Waals surface area contributed by atoms with Crippen molar-refractivity contribution in [2.75, 3.05) is 18.4 Å². The summed E-state index contributed by atoms with van der Waals surface area (Å²) in [4.78, 5) is 19.5. The molecule has 7 atom stereocenters. The van der Waals surface area contributed by atoms with Gasteiger partial charge in [0.1, 0.15) is 0 Å². The molecule has 4 heterocycles. The van der Waals surface area contributed by atoms with Gasteiger partial charge in [0, 0.05) is 24.2 Å². The molecule has 4 aliphatic heterocycles. The molecule has 1 unspecified atom stereocenters. The van der Waals surface area contributed by atoms with Crippen molar-refractivity contribution < 1.29 is 24.8 Å². The van der Waals surface area contributed by atoms with E-state index < -0.39 is 17.6 Å². The van der Waals surface area contributed by atoms with Crippen LogP contribution in [-0.4, -0.2) is 52.7 Å². The zero-order chi connectivity index (χ0) is 19.5. The Morgan fingerprint density at radius 1 is 1.36 bits per heavy atom. The molecular formula is C21H24N2O5. The van der Waals surface area contributed by atoms with E-state index >= 15 is 0 Å². The summed E-state index contributed by atoms with van der Waals surface area (Å²) in [5, 5.41) is 22.2. The first-order chi connectivity index (χ1) is 13.6. The molecule has 0 aromatic heterocycles. The second-order valence-electron chi connectivity index (χ2n) is 8.39. The maximum absolute atomic E-state index is 13.2. The summed E-state index contributed by atoms with van der Waals surface area (Å²) in [7, 11) is 0. The van der Waals surface area contributed by atoms with E-state index in [0.29, 0.717) is 0 Å². The summed E-state index contributed by atoms with van der Waals surface area (Å²) in [6.07, 6.45) is 2.60. The maximum atomic E-state index is 13.2. The highest BCUT2D eigenvalue weighted by Crippen LogP contribution is 2.54. The fourth-order valence-electron chi connectivity index (χ4n) is 6.08. The van der Waals surface area contributed by atoms with Gasteiger partial charge >= 0.3 is 0 Å². The smallest absolute Gasteiger partial charge is 0.236 e. The van der Waals surface area contributed by atoms with E-state index in [9.17, 15) is 9.90 Å². The van der Waals surface area contributed by atoms with Gasteiger partial charge in [0.05, 0.1) is 17.4 Å². The molecule has 148 valence electrons. The van der Waals surface area contributed by atoms with Gasteiger partial charge in [-0.2, -0.15) is 5.26 Å². The summed E-state index contributed by atoms with van der Waals surface area (Å²) in [6, 6.07) is 8.00. The Morgan fingerprint density at radius 2 is 2.18 bits per heavy atom. The first-order valence-corrected chi connectivity index (χ1v) is 9.85. The molecule has 7 nitrogen and oxygen atoms in total. The van der Waals surface area contributed by atoms with Crippen LogP contribution in [0.3, 0.4) is 0 Å². The number of nitrogens with zero attached hydrogens (tertiary/aromatic N) is 1.